The van der Waals surface area contributed by atoms with Gasteiger partial charge in [-0.25, -0.2) is 5.01 Å². The van der Waals surface area contributed by atoms with Gasteiger partial charge in [-0.3, -0.25) is 10.4 Å². The van der Waals surface area contributed by atoms with E-state index in [9.17, 15) is 0 Å². The van der Waals surface area contributed by atoms with Crippen molar-refractivity contribution in [2.24, 2.45) is 4.99 Å². The standard InChI is InChI=1S/C17H34N6/c1-5-6-7-8-9-20-22(4)15-19-17(16(2)14-18)23-12-10-21(3)11-13-23/h14,18,20H,2,5-13,15H2,1,3-4H3/b18-14?,19-17+. The van der Waals surface area contributed by atoms with Crippen LogP contribution >= 0.6 is 0 Å². The molecule has 1 fully saturated rings. The average Bonchev–Trinajstić information content (AvgIpc) is 2.56. The third-order valence-electron chi connectivity index (χ3n) is 4.11. The van der Waals surface area contributed by atoms with Gasteiger partial charge >= 0.3 is 0 Å². The van der Waals surface area contributed by atoms with Gasteiger partial charge in [-0.15, -0.1) is 0 Å². The van der Waals surface area contributed by atoms with Crippen molar-refractivity contribution in [2.75, 3.05) is 53.5 Å². The lowest BCUT2D eigenvalue weighted by Crippen LogP contribution is -2.48. The van der Waals surface area contributed by atoms with Crippen LogP contribution in [-0.2, 0) is 0 Å². The number of rotatable bonds is 10. The van der Waals surface area contributed by atoms with Crippen LogP contribution in [0, 0.1) is 5.41 Å². The molecule has 1 aliphatic rings. The Morgan fingerprint density at radius 2 is 1.96 bits per heavy atom. The Labute approximate surface area is 141 Å². The van der Waals surface area contributed by atoms with E-state index >= 15 is 0 Å². The Hall–Kier alpha value is -1.24. The Morgan fingerprint density at radius 1 is 1.26 bits per heavy atom. The van der Waals surface area contributed by atoms with Gasteiger partial charge in [0.2, 0.25) is 0 Å². The topological polar surface area (TPSA) is 58.0 Å². The highest BCUT2D eigenvalue weighted by atomic mass is 15.5. The molecule has 0 bridgehead atoms. The Morgan fingerprint density at radius 3 is 2.57 bits per heavy atom. The van der Waals surface area contributed by atoms with Crippen LogP contribution in [0.15, 0.2) is 17.1 Å². The molecule has 1 aliphatic heterocycles. The van der Waals surface area contributed by atoms with Crippen LogP contribution in [0.2, 0.25) is 0 Å². The monoisotopic (exact) mass is 322 g/mol. The summed E-state index contributed by atoms with van der Waals surface area (Å²) in [5.41, 5.74) is 4.06. The van der Waals surface area contributed by atoms with E-state index in [2.05, 4.69) is 35.8 Å². The lowest BCUT2D eigenvalue weighted by molar-refractivity contribution is 0.211. The lowest BCUT2D eigenvalue weighted by atomic mass is 10.2. The van der Waals surface area contributed by atoms with Gasteiger partial charge in [-0.1, -0.05) is 32.8 Å². The third-order valence-corrected chi connectivity index (χ3v) is 4.11. The molecule has 0 aromatic carbocycles. The maximum absolute atomic E-state index is 7.49. The molecule has 6 nitrogen and oxygen atoms in total. The highest BCUT2D eigenvalue weighted by molar-refractivity contribution is 6.13. The maximum Gasteiger partial charge on any atom is 0.133 e. The minimum absolute atomic E-state index is 0.572. The molecule has 1 heterocycles. The zero-order valence-corrected chi connectivity index (χ0v) is 15.1. The first kappa shape index (κ1) is 19.8. The molecular weight excluding hydrogens is 288 g/mol. The van der Waals surface area contributed by atoms with E-state index < -0.39 is 0 Å². The van der Waals surface area contributed by atoms with Crippen LogP contribution in [0.25, 0.3) is 0 Å². The average molecular weight is 323 g/mol. The van der Waals surface area contributed by atoms with Crippen molar-refractivity contribution in [3.63, 3.8) is 0 Å². The molecule has 0 amide bonds. The molecular formula is C17H34N6. The molecule has 0 aromatic rings. The predicted molar refractivity (Wildman–Crippen MR) is 99.2 cm³/mol. The summed E-state index contributed by atoms with van der Waals surface area (Å²) in [7, 11) is 4.15. The molecule has 0 aliphatic carbocycles. The van der Waals surface area contributed by atoms with Crippen molar-refractivity contribution in [1.29, 1.82) is 5.41 Å². The molecule has 0 aromatic heterocycles. The molecule has 0 spiro atoms. The molecule has 2 N–H and O–H groups in total. The minimum Gasteiger partial charge on any atom is -0.354 e. The summed E-state index contributed by atoms with van der Waals surface area (Å²) >= 11 is 0. The largest absolute Gasteiger partial charge is 0.354 e. The second-order valence-corrected chi connectivity index (χ2v) is 6.25. The number of unbranched alkanes of at least 4 members (excludes halogenated alkanes) is 3. The van der Waals surface area contributed by atoms with Crippen molar-refractivity contribution in [2.45, 2.75) is 32.6 Å². The fourth-order valence-corrected chi connectivity index (χ4v) is 2.53. The Kier molecular flexibility index (Phi) is 9.75. The lowest BCUT2D eigenvalue weighted by Gasteiger charge is -2.35. The molecule has 0 atom stereocenters. The predicted octanol–water partition coefficient (Wildman–Crippen LogP) is 1.81. The number of aliphatic imine (C=N–C) groups is 1. The van der Waals surface area contributed by atoms with Crippen LogP contribution in [0.3, 0.4) is 0 Å². The second kappa shape index (κ2) is 11.3. The van der Waals surface area contributed by atoms with Crippen LogP contribution in [-0.4, -0.2) is 80.3 Å². The van der Waals surface area contributed by atoms with Gasteiger partial charge in [0.25, 0.3) is 0 Å². The number of amidine groups is 1. The zero-order chi connectivity index (χ0) is 17.1. The molecule has 0 saturated carbocycles. The summed E-state index contributed by atoms with van der Waals surface area (Å²) in [4.78, 5) is 9.24. The van der Waals surface area contributed by atoms with E-state index in [1.165, 1.54) is 31.9 Å². The quantitative estimate of drug-likeness (QED) is 0.279. The zero-order valence-electron chi connectivity index (χ0n) is 15.1. The smallest absolute Gasteiger partial charge is 0.133 e. The summed E-state index contributed by atoms with van der Waals surface area (Å²) in [6.07, 6.45) is 6.34. The number of hydrogen-bond acceptors (Lipinski definition) is 5. The second-order valence-electron chi connectivity index (χ2n) is 6.25. The number of nitrogens with one attached hydrogen (secondary N) is 2. The highest BCUT2D eigenvalue weighted by Crippen LogP contribution is 2.06. The van der Waals surface area contributed by atoms with Gasteiger partial charge in [-0.05, 0) is 13.5 Å². The van der Waals surface area contributed by atoms with Gasteiger partial charge in [-0.2, -0.15) is 0 Å². The SMILES string of the molecule is C=C(C=N)/C(=N\CN(C)NCCCCCC)N1CCN(C)CC1. The maximum atomic E-state index is 7.49. The van der Waals surface area contributed by atoms with Gasteiger partial charge < -0.3 is 15.2 Å². The minimum atomic E-state index is 0.572. The molecule has 0 unspecified atom stereocenters. The molecule has 6 heteroatoms. The highest BCUT2D eigenvalue weighted by Gasteiger charge is 2.18. The first-order valence-electron chi connectivity index (χ1n) is 8.70. The van der Waals surface area contributed by atoms with Crippen molar-refractivity contribution in [3.8, 4) is 0 Å². The van der Waals surface area contributed by atoms with Crippen molar-refractivity contribution >= 4 is 12.1 Å². The molecule has 23 heavy (non-hydrogen) atoms. The summed E-state index contributed by atoms with van der Waals surface area (Å²) < 4.78 is 0. The molecule has 1 saturated heterocycles. The molecule has 0 radical (unpaired) electrons. The van der Waals surface area contributed by atoms with E-state index in [1.54, 1.807) is 0 Å². The summed E-state index contributed by atoms with van der Waals surface area (Å²) in [6, 6.07) is 0. The summed E-state index contributed by atoms with van der Waals surface area (Å²) in [6.45, 7) is 11.7. The first-order valence-corrected chi connectivity index (χ1v) is 8.70. The van der Waals surface area contributed by atoms with E-state index in [1.807, 2.05) is 12.1 Å². The van der Waals surface area contributed by atoms with E-state index in [-0.39, 0.29) is 0 Å². The molecule has 1 rings (SSSR count). The summed E-state index contributed by atoms with van der Waals surface area (Å²) in [5, 5.41) is 9.50. The van der Waals surface area contributed by atoms with E-state index in [4.69, 9.17) is 10.4 Å². The van der Waals surface area contributed by atoms with Crippen LogP contribution < -0.4 is 5.43 Å². The number of nitrogens with zero attached hydrogens (tertiary/aromatic N) is 4. The van der Waals surface area contributed by atoms with Gasteiger partial charge in [0.1, 0.15) is 12.5 Å². The fraction of sp³-hybridized carbons (Fsp3) is 0.765. The summed E-state index contributed by atoms with van der Waals surface area (Å²) in [5.74, 6) is 0.854. The number of hydrazine groups is 1. The van der Waals surface area contributed by atoms with Crippen molar-refractivity contribution < 1.29 is 0 Å². The van der Waals surface area contributed by atoms with Gasteiger partial charge in [0, 0.05) is 51.6 Å². The third kappa shape index (κ3) is 7.72. The van der Waals surface area contributed by atoms with Crippen LogP contribution in [0.4, 0.5) is 0 Å². The van der Waals surface area contributed by atoms with Crippen LogP contribution in [0.1, 0.15) is 32.6 Å². The fourth-order valence-electron chi connectivity index (χ4n) is 2.53. The Bertz CT molecular complexity index is 385. The number of likely N-dealkylation sites (N-methyl/N-ethyl adjacent to an activating group) is 1. The molecule has 132 valence electrons. The first-order chi connectivity index (χ1) is 11.1. The van der Waals surface area contributed by atoms with Crippen molar-refractivity contribution in [3.05, 3.63) is 12.2 Å². The van der Waals surface area contributed by atoms with Crippen LogP contribution in [0.5, 0.6) is 0 Å². The van der Waals surface area contributed by atoms with Gasteiger partial charge in [0.05, 0.1) is 0 Å². The number of piperazine rings is 1. The van der Waals surface area contributed by atoms with E-state index in [0.29, 0.717) is 12.2 Å². The van der Waals surface area contributed by atoms with E-state index in [0.717, 1.165) is 38.6 Å². The van der Waals surface area contributed by atoms with Gasteiger partial charge in [0.15, 0.2) is 0 Å². The Balaban J connectivity index is 2.46. The number of hydrogen-bond donors (Lipinski definition) is 2. The van der Waals surface area contributed by atoms with Crippen molar-refractivity contribution in [1.82, 2.24) is 20.2 Å². The normalized spacial score (nSPS) is 16.9.